The quantitative estimate of drug-likeness (QED) is 0.679. The summed E-state index contributed by atoms with van der Waals surface area (Å²) in [6.07, 6.45) is 3.95. The van der Waals surface area contributed by atoms with E-state index in [1.807, 2.05) is 32.2 Å². The summed E-state index contributed by atoms with van der Waals surface area (Å²) in [7, 11) is 0. The maximum Gasteiger partial charge on any atom is 0.129 e. The van der Waals surface area contributed by atoms with Crippen LogP contribution in [0.1, 0.15) is 25.3 Å². The number of furan rings is 1. The smallest absolute Gasteiger partial charge is 0.129 e. The zero-order valence-corrected chi connectivity index (χ0v) is 16.3. The highest BCUT2D eigenvalue weighted by molar-refractivity contribution is 5.82. The minimum Gasteiger partial charge on any atom is -0.469 e. The molecule has 4 heterocycles. The number of anilines is 1. The van der Waals surface area contributed by atoms with Crippen LogP contribution in [-0.2, 0) is 4.74 Å². The predicted octanol–water partition coefficient (Wildman–Crippen LogP) is 4.63. The molecule has 1 saturated heterocycles. The fourth-order valence-electron chi connectivity index (χ4n) is 3.77. The van der Waals surface area contributed by atoms with Crippen LogP contribution in [0.4, 0.5) is 5.82 Å². The van der Waals surface area contributed by atoms with Gasteiger partial charge in [-0.05, 0) is 63.6 Å². The van der Waals surface area contributed by atoms with E-state index in [0.29, 0.717) is 0 Å². The highest BCUT2D eigenvalue weighted by atomic mass is 16.5. The normalized spacial score (nSPS) is 20.1. The molecular weight excluding hydrogens is 338 g/mol. The number of rotatable bonds is 3. The maximum atomic E-state index is 5.87. The molecule has 0 aliphatic carbocycles. The molecule has 1 aliphatic rings. The number of hydrogen-bond acceptors (Lipinski definition) is 5. The van der Waals surface area contributed by atoms with Gasteiger partial charge in [-0.2, -0.15) is 0 Å². The second kappa shape index (κ2) is 7.16. The third kappa shape index (κ3) is 3.60. The molecule has 27 heavy (non-hydrogen) atoms. The van der Waals surface area contributed by atoms with Gasteiger partial charge in [-0.15, -0.1) is 0 Å². The molecule has 0 N–H and O–H groups in total. The van der Waals surface area contributed by atoms with Gasteiger partial charge in [0, 0.05) is 36.1 Å². The molecule has 0 saturated carbocycles. The Morgan fingerprint density at radius 1 is 1.00 bits per heavy atom. The molecule has 0 unspecified atom stereocenters. The van der Waals surface area contributed by atoms with Gasteiger partial charge >= 0.3 is 0 Å². The molecule has 5 heteroatoms. The third-order valence-corrected chi connectivity index (χ3v) is 4.95. The van der Waals surface area contributed by atoms with Crippen LogP contribution in [0.15, 0.2) is 47.2 Å². The Labute approximate surface area is 160 Å². The molecule has 0 amide bonds. The van der Waals surface area contributed by atoms with Crippen LogP contribution in [0.5, 0.6) is 0 Å². The van der Waals surface area contributed by atoms with Crippen molar-refractivity contribution in [3.05, 3.63) is 54.2 Å². The standard InChI is InChI=1S/C22H25N3O2/c1-14-11-18(7-9-23-14)20-5-6-21(25-12-15(2)27-16(3)13-25)24-22(20)19-8-10-26-17(19)4/h5-11,15-16H,12-13H2,1-4H3/t15-,16+. The van der Waals surface area contributed by atoms with Crippen LogP contribution in [0.25, 0.3) is 22.4 Å². The molecule has 4 rings (SSSR count). The number of pyridine rings is 2. The van der Waals surface area contributed by atoms with Crippen LogP contribution in [0.2, 0.25) is 0 Å². The van der Waals surface area contributed by atoms with Crippen LogP contribution < -0.4 is 4.90 Å². The van der Waals surface area contributed by atoms with Gasteiger partial charge in [0.2, 0.25) is 0 Å². The highest BCUT2D eigenvalue weighted by Gasteiger charge is 2.24. The summed E-state index contributed by atoms with van der Waals surface area (Å²) in [4.78, 5) is 11.7. The van der Waals surface area contributed by atoms with E-state index >= 15 is 0 Å². The molecule has 3 aromatic rings. The van der Waals surface area contributed by atoms with Gasteiger partial charge in [0.25, 0.3) is 0 Å². The first kappa shape index (κ1) is 17.7. The largest absolute Gasteiger partial charge is 0.469 e. The highest BCUT2D eigenvalue weighted by Crippen LogP contribution is 2.35. The first-order chi connectivity index (χ1) is 13.0. The summed E-state index contributed by atoms with van der Waals surface area (Å²) in [5.41, 5.74) is 5.15. The van der Waals surface area contributed by atoms with Crippen molar-refractivity contribution in [2.24, 2.45) is 0 Å². The van der Waals surface area contributed by atoms with Crippen molar-refractivity contribution in [1.82, 2.24) is 9.97 Å². The molecule has 0 aromatic carbocycles. The average molecular weight is 363 g/mol. The lowest BCUT2D eigenvalue weighted by Crippen LogP contribution is -2.45. The Morgan fingerprint density at radius 3 is 2.44 bits per heavy atom. The van der Waals surface area contributed by atoms with Crippen molar-refractivity contribution in [1.29, 1.82) is 0 Å². The molecule has 1 aliphatic heterocycles. The second-order valence-corrected chi connectivity index (χ2v) is 7.30. The molecule has 0 bridgehead atoms. The van der Waals surface area contributed by atoms with Gasteiger partial charge < -0.3 is 14.1 Å². The Morgan fingerprint density at radius 2 is 1.78 bits per heavy atom. The van der Waals surface area contributed by atoms with Crippen molar-refractivity contribution in [2.45, 2.75) is 39.9 Å². The first-order valence-electron chi connectivity index (χ1n) is 9.40. The van der Waals surface area contributed by atoms with E-state index < -0.39 is 0 Å². The molecule has 0 radical (unpaired) electrons. The molecule has 3 aromatic heterocycles. The lowest BCUT2D eigenvalue weighted by Gasteiger charge is -2.36. The lowest BCUT2D eigenvalue weighted by atomic mass is 9.99. The van der Waals surface area contributed by atoms with E-state index in [4.69, 9.17) is 14.1 Å². The zero-order chi connectivity index (χ0) is 19.0. The Balaban J connectivity index is 1.82. The van der Waals surface area contributed by atoms with E-state index in [9.17, 15) is 0 Å². The number of hydrogen-bond donors (Lipinski definition) is 0. The molecule has 2 atom stereocenters. The van der Waals surface area contributed by atoms with Crippen LogP contribution in [0, 0.1) is 13.8 Å². The van der Waals surface area contributed by atoms with Crippen LogP contribution >= 0.6 is 0 Å². The van der Waals surface area contributed by atoms with Gasteiger partial charge in [-0.1, -0.05) is 0 Å². The molecule has 0 spiro atoms. The average Bonchev–Trinajstić information content (AvgIpc) is 3.06. The Kier molecular flexibility index (Phi) is 4.70. The number of morpholine rings is 1. The number of ether oxygens (including phenoxy) is 1. The Hall–Kier alpha value is -2.66. The molecule has 5 nitrogen and oxygen atoms in total. The number of nitrogens with zero attached hydrogens (tertiary/aromatic N) is 3. The number of aryl methyl sites for hydroxylation is 2. The van der Waals surface area contributed by atoms with E-state index in [0.717, 1.165) is 52.7 Å². The van der Waals surface area contributed by atoms with E-state index in [1.54, 1.807) is 6.26 Å². The third-order valence-electron chi connectivity index (χ3n) is 4.95. The second-order valence-electron chi connectivity index (χ2n) is 7.30. The monoisotopic (exact) mass is 363 g/mol. The van der Waals surface area contributed by atoms with Crippen molar-refractivity contribution in [2.75, 3.05) is 18.0 Å². The minimum absolute atomic E-state index is 0.192. The summed E-state index contributed by atoms with van der Waals surface area (Å²) in [5, 5.41) is 0. The van der Waals surface area contributed by atoms with Gasteiger partial charge in [-0.25, -0.2) is 4.98 Å². The molecule has 1 fully saturated rings. The van der Waals surface area contributed by atoms with E-state index in [-0.39, 0.29) is 12.2 Å². The summed E-state index contributed by atoms with van der Waals surface area (Å²) in [5.74, 6) is 1.84. The van der Waals surface area contributed by atoms with E-state index in [2.05, 4.69) is 41.9 Å². The maximum absolute atomic E-state index is 5.87. The van der Waals surface area contributed by atoms with Gasteiger partial charge in [-0.3, -0.25) is 4.98 Å². The Bertz CT molecular complexity index is 940. The minimum atomic E-state index is 0.192. The predicted molar refractivity (Wildman–Crippen MR) is 107 cm³/mol. The van der Waals surface area contributed by atoms with Crippen molar-refractivity contribution in [3.8, 4) is 22.4 Å². The summed E-state index contributed by atoms with van der Waals surface area (Å²) >= 11 is 0. The fraction of sp³-hybridized carbons (Fsp3) is 0.364. The molecular formula is C22H25N3O2. The first-order valence-corrected chi connectivity index (χ1v) is 9.40. The van der Waals surface area contributed by atoms with Gasteiger partial charge in [0.1, 0.15) is 11.6 Å². The van der Waals surface area contributed by atoms with Crippen molar-refractivity contribution < 1.29 is 9.15 Å². The molecule has 140 valence electrons. The van der Waals surface area contributed by atoms with E-state index in [1.165, 1.54) is 0 Å². The summed E-state index contributed by atoms with van der Waals surface area (Å²) < 4.78 is 11.4. The van der Waals surface area contributed by atoms with Crippen molar-refractivity contribution in [3.63, 3.8) is 0 Å². The fourth-order valence-corrected chi connectivity index (χ4v) is 3.77. The number of aromatic nitrogens is 2. The van der Waals surface area contributed by atoms with Gasteiger partial charge in [0.05, 0.1) is 24.2 Å². The zero-order valence-electron chi connectivity index (χ0n) is 16.3. The summed E-state index contributed by atoms with van der Waals surface area (Å²) in [6.45, 7) is 9.88. The van der Waals surface area contributed by atoms with Crippen molar-refractivity contribution >= 4 is 5.82 Å². The van der Waals surface area contributed by atoms with Gasteiger partial charge in [0.15, 0.2) is 0 Å². The van der Waals surface area contributed by atoms with Crippen LogP contribution in [0.3, 0.4) is 0 Å². The SMILES string of the molecule is Cc1cc(-c2ccc(N3C[C@@H](C)O[C@@H](C)C3)nc2-c2ccoc2C)ccn1. The topological polar surface area (TPSA) is 51.4 Å². The summed E-state index contributed by atoms with van der Waals surface area (Å²) in [6, 6.07) is 10.4. The lowest BCUT2D eigenvalue weighted by molar-refractivity contribution is -0.00545. The van der Waals surface area contributed by atoms with Crippen LogP contribution in [-0.4, -0.2) is 35.3 Å².